The molecule has 1 saturated carbocycles. The molecule has 3 atom stereocenters. The Morgan fingerprint density at radius 2 is 2.08 bits per heavy atom. The summed E-state index contributed by atoms with van der Waals surface area (Å²) in [6, 6.07) is 0. The molecule has 0 spiro atoms. The molecule has 2 nitrogen and oxygen atoms in total. The summed E-state index contributed by atoms with van der Waals surface area (Å²) >= 11 is 0. The van der Waals surface area contributed by atoms with Crippen molar-refractivity contribution in [2.45, 2.75) is 44.8 Å². The first-order valence-corrected chi connectivity index (χ1v) is 5.07. The molecule has 2 rings (SSSR count). The quantitative estimate of drug-likeness (QED) is 0.681. The maximum absolute atomic E-state index is 9.91. The number of aliphatic hydroxyl groups excluding tert-OH is 1. The van der Waals surface area contributed by atoms with Crippen LogP contribution in [-0.2, 0) is 4.74 Å². The van der Waals surface area contributed by atoms with Crippen molar-refractivity contribution in [1.82, 2.24) is 0 Å². The van der Waals surface area contributed by atoms with Gasteiger partial charge in [0.25, 0.3) is 0 Å². The highest BCUT2D eigenvalue weighted by molar-refractivity contribution is 4.85. The van der Waals surface area contributed by atoms with Gasteiger partial charge in [0.2, 0.25) is 0 Å². The van der Waals surface area contributed by atoms with E-state index in [4.69, 9.17) is 4.74 Å². The molecule has 2 aliphatic rings. The van der Waals surface area contributed by atoms with E-state index in [2.05, 4.69) is 6.92 Å². The number of aliphatic hydroxyl groups is 1. The van der Waals surface area contributed by atoms with Crippen molar-refractivity contribution in [2.24, 2.45) is 11.8 Å². The lowest BCUT2D eigenvalue weighted by Gasteiger charge is -2.33. The second-order valence-corrected chi connectivity index (χ2v) is 4.32. The smallest absolute Gasteiger partial charge is 0.0619 e. The summed E-state index contributed by atoms with van der Waals surface area (Å²) in [5.74, 6) is 1.01. The SMILES string of the molecule is CC1CC(C(O)C2CCC2)CO1. The zero-order valence-electron chi connectivity index (χ0n) is 7.70. The monoisotopic (exact) mass is 170 g/mol. The fourth-order valence-electron chi connectivity index (χ4n) is 2.25. The molecule has 2 fully saturated rings. The summed E-state index contributed by atoms with van der Waals surface area (Å²) in [6.45, 7) is 2.87. The molecule has 1 aliphatic carbocycles. The van der Waals surface area contributed by atoms with Gasteiger partial charge in [0.05, 0.1) is 18.8 Å². The second kappa shape index (κ2) is 3.35. The topological polar surface area (TPSA) is 29.5 Å². The molecule has 70 valence electrons. The molecule has 0 aromatic heterocycles. The Morgan fingerprint density at radius 3 is 2.50 bits per heavy atom. The highest BCUT2D eigenvalue weighted by Crippen LogP contribution is 2.36. The lowest BCUT2D eigenvalue weighted by atomic mass is 9.76. The van der Waals surface area contributed by atoms with Crippen molar-refractivity contribution < 1.29 is 9.84 Å². The van der Waals surface area contributed by atoms with Crippen LogP contribution < -0.4 is 0 Å². The van der Waals surface area contributed by atoms with Gasteiger partial charge in [0.1, 0.15) is 0 Å². The minimum absolute atomic E-state index is 0.0799. The van der Waals surface area contributed by atoms with E-state index in [1.165, 1.54) is 19.3 Å². The summed E-state index contributed by atoms with van der Waals surface area (Å²) in [7, 11) is 0. The zero-order chi connectivity index (χ0) is 8.55. The minimum atomic E-state index is -0.0799. The molecule has 12 heavy (non-hydrogen) atoms. The molecule has 1 aliphatic heterocycles. The van der Waals surface area contributed by atoms with E-state index >= 15 is 0 Å². The number of hydrogen-bond donors (Lipinski definition) is 1. The number of hydrogen-bond acceptors (Lipinski definition) is 2. The lowest BCUT2D eigenvalue weighted by molar-refractivity contribution is 0.00989. The van der Waals surface area contributed by atoms with Crippen LogP contribution in [0.3, 0.4) is 0 Å². The fourth-order valence-corrected chi connectivity index (χ4v) is 2.25. The minimum Gasteiger partial charge on any atom is -0.392 e. The molecule has 1 heterocycles. The van der Waals surface area contributed by atoms with E-state index in [1.807, 2.05) is 0 Å². The third kappa shape index (κ3) is 1.50. The van der Waals surface area contributed by atoms with Crippen LogP contribution in [0.2, 0.25) is 0 Å². The summed E-state index contributed by atoms with van der Waals surface area (Å²) in [6.07, 6.45) is 5.11. The van der Waals surface area contributed by atoms with Gasteiger partial charge >= 0.3 is 0 Å². The van der Waals surface area contributed by atoms with Gasteiger partial charge in [-0.05, 0) is 32.1 Å². The molecule has 1 saturated heterocycles. The van der Waals surface area contributed by atoms with Gasteiger partial charge in [0, 0.05) is 5.92 Å². The Kier molecular flexibility index (Phi) is 2.37. The molecule has 2 heteroatoms. The van der Waals surface area contributed by atoms with Crippen molar-refractivity contribution in [3.8, 4) is 0 Å². The normalized spacial score (nSPS) is 39.5. The van der Waals surface area contributed by atoms with E-state index in [9.17, 15) is 5.11 Å². The first kappa shape index (κ1) is 8.52. The maximum Gasteiger partial charge on any atom is 0.0619 e. The summed E-state index contributed by atoms with van der Waals surface area (Å²) in [5.41, 5.74) is 0. The van der Waals surface area contributed by atoms with Crippen LogP contribution in [0.1, 0.15) is 32.6 Å². The average molecular weight is 170 g/mol. The highest BCUT2D eigenvalue weighted by atomic mass is 16.5. The Hall–Kier alpha value is -0.0800. The molecule has 0 radical (unpaired) electrons. The van der Waals surface area contributed by atoms with Gasteiger partial charge in [-0.2, -0.15) is 0 Å². The van der Waals surface area contributed by atoms with Crippen molar-refractivity contribution in [3.63, 3.8) is 0 Å². The average Bonchev–Trinajstić information content (AvgIpc) is 2.31. The van der Waals surface area contributed by atoms with Crippen LogP contribution in [-0.4, -0.2) is 23.9 Å². The van der Waals surface area contributed by atoms with Crippen LogP contribution in [0, 0.1) is 11.8 Å². The summed E-state index contributed by atoms with van der Waals surface area (Å²) in [4.78, 5) is 0. The van der Waals surface area contributed by atoms with Crippen LogP contribution in [0.25, 0.3) is 0 Å². The molecular formula is C10H18O2. The van der Waals surface area contributed by atoms with Crippen molar-refractivity contribution in [2.75, 3.05) is 6.61 Å². The van der Waals surface area contributed by atoms with E-state index in [0.29, 0.717) is 17.9 Å². The first-order valence-electron chi connectivity index (χ1n) is 5.07. The van der Waals surface area contributed by atoms with E-state index < -0.39 is 0 Å². The van der Waals surface area contributed by atoms with E-state index in [0.717, 1.165) is 13.0 Å². The second-order valence-electron chi connectivity index (χ2n) is 4.32. The maximum atomic E-state index is 9.91. The number of ether oxygens (including phenoxy) is 1. The third-order valence-electron chi connectivity index (χ3n) is 3.35. The molecule has 0 aromatic rings. The predicted molar refractivity (Wildman–Crippen MR) is 46.9 cm³/mol. The Bertz CT molecular complexity index is 154. The molecule has 0 bridgehead atoms. The third-order valence-corrected chi connectivity index (χ3v) is 3.35. The summed E-state index contributed by atoms with van der Waals surface area (Å²) < 4.78 is 5.45. The molecule has 0 amide bonds. The van der Waals surface area contributed by atoms with Crippen molar-refractivity contribution in [1.29, 1.82) is 0 Å². The van der Waals surface area contributed by atoms with Crippen molar-refractivity contribution in [3.05, 3.63) is 0 Å². The predicted octanol–water partition coefficient (Wildman–Crippen LogP) is 1.57. The van der Waals surface area contributed by atoms with Crippen LogP contribution in [0.15, 0.2) is 0 Å². The van der Waals surface area contributed by atoms with Crippen LogP contribution >= 0.6 is 0 Å². The summed E-state index contributed by atoms with van der Waals surface area (Å²) in [5, 5.41) is 9.91. The highest BCUT2D eigenvalue weighted by Gasteiger charge is 2.35. The van der Waals surface area contributed by atoms with Crippen LogP contribution in [0.5, 0.6) is 0 Å². The molecular weight excluding hydrogens is 152 g/mol. The fraction of sp³-hybridized carbons (Fsp3) is 1.00. The Labute approximate surface area is 73.9 Å². The number of rotatable bonds is 2. The lowest BCUT2D eigenvalue weighted by Crippen LogP contribution is -2.33. The molecule has 3 unspecified atom stereocenters. The van der Waals surface area contributed by atoms with Crippen molar-refractivity contribution >= 4 is 0 Å². The Balaban J connectivity index is 1.83. The van der Waals surface area contributed by atoms with Gasteiger partial charge in [-0.1, -0.05) is 6.42 Å². The zero-order valence-corrected chi connectivity index (χ0v) is 7.70. The van der Waals surface area contributed by atoms with Gasteiger partial charge in [-0.3, -0.25) is 0 Å². The van der Waals surface area contributed by atoms with Gasteiger partial charge in [0.15, 0.2) is 0 Å². The molecule has 1 N–H and O–H groups in total. The van der Waals surface area contributed by atoms with Gasteiger partial charge < -0.3 is 9.84 Å². The largest absolute Gasteiger partial charge is 0.392 e. The standard InChI is InChI=1S/C10H18O2/c1-7-5-9(6-12-7)10(11)8-3-2-4-8/h7-11H,2-6H2,1H3. The van der Waals surface area contributed by atoms with Crippen LogP contribution in [0.4, 0.5) is 0 Å². The molecule has 0 aromatic carbocycles. The Morgan fingerprint density at radius 1 is 1.33 bits per heavy atom. The first-order chi connectivity index (χ1) is 5.77. The van der Waals surface area contributed by atoms with E-state index in [-0.39, 0.29) is 6.10 Å². The van der Waals surface area contributed by atoms with Gasteiger partial charge in [-0.15, -0.1) is 0 Å². The van der Waals surface area contributed by atoms with Gasteiger partial charge in [-0.25, -0.2) is 0 Å². The van der Waals surface area contributed by atoms with E-state index in [1.54, 1.807) is 0 Å².